The summed E-state index contributed by atoms with van der Waals surface area (Å²) in [6.07, 6.45) is 0. The molecule has 0 saturated carbocycles. The van der Waals surface area contributed by atoms with Gasteiger partial charge in [-0.3, -0.25) is 4.68 Å². The summed E-state index contributed by atoms with van der Waals surface area (Å²) in [6.45, 7) is 3.88. The average Bonchev–Trinajstić information content (AvgIpc) is 2.31. The van der Waals surface area contributed by atoms with Crippen LogP contribution in [-0.4, -0.2) is 29.9 Å². The molecule has 0 fully saturated rings. The Morgan fingerprint density at radius 2 is 2.25 bits per heavy atom. The molecule has 4 nitrogen and oxygen atoms in total. The minimum absolute atomic E-state index is 0.926. The molecule has 0 unspecified atom stereocenters. The van der Waals surface area contributed by atoms with E-state index in [1.165, 1.54) is 0 Å². The number of hydrogen-bond acceptors (Lipinski definition) is 3. The number of nitrogens with one attached hydrogen (secondary N) is 2. The van der Waals surface area contributed by atoms with Gasteiger partial charge in [0.15, 0.2) is 0 Å². The van der Waals surface area contributed by atoms with E-state index in [0.29, 0.717) is 0 Å². The lowest BCUT2D eigenvalue weighted by Crippen LogP contribution is -2.18. The largest absolute Gasteiger partial charge is 0.369 e. The third-order valence-corrected chi connectivity index (χ3v) is 1.68. The van der Waals surface area contributed by atoms with Gasteiger partial charge >= 0.3 is 0 Å². The predicted octanol–water partition coefficient (Wildman–Crippen LogP) is 0.360. The van der Waals surface area contributed by atoms with Crippen LogP contribution in [0, 0.1) is 6.92 Å². The SMILES string of the molecule is CNCCNc1cc(C)nn1C. The van der Waals surface area contributed by atoms with Crippen molar-refractivity contribution in [2.45, 2.75) is 6.92 Å². The lowest BCUT2D eigenvalue weighted by atomic mass is 10.4. The monoisotopic (exact) mass is 168 g/mol. The van der Waals surface area contributed by atoms with Gasteiger partial charge in [0, 0.05) is 26.2 Å². The summed E-state index contributed by atoms with van der Waals surface area (Å²) >= 11 is 0. The lowest BCUT2D eigenvalue weighted by Gasteiger charge is -2.04. The summed E-state index contributed by atoms with van der Waals surface area (Å²) in [6, 6.07) is 2.04. The van der Waals surface area contributed by atoms with Crippen molar-refractivity contribution in [1.82, 2.24) is 15.1 Å². The Balaban J connectivity index is 2.45. The van der Waals surface area contributed by atoms with Gasteiger partial charge in [-0.2, -0.15) is 5.10 Å². The summed E-state index contributed by atoms with van der Waals surface area (Å²) in [5.74, 6) is 1.07. The molecule has 1 heterocycles. The van der Waals surface area contributed by atoms with Crippen LogP contribution in [-0.2, 0) is 7.05 Å². The normalized spacial score (nSPS) is 10.2. The fraction of sp³-hybridized carbons (Fsp3) is 0.625. The zero-order valence-electron chi connectivity index (χ0n) is 7.89. The molecule has 0 bridgehead atoms. The molecule has 12 heavy (non-hydrogen) atoms. The maximum atomic E-state index is 4.22. The van der Waals surface area contributed by atoms with Crippen molar-refractivity contribution >= 4 is 5.82 Å². The predicted molar refractivity (Wildman–Crippen MR) is 50.4 cm³/mol. The second kappa shape index (κ2) is 4.11. The Hall–Kier alpha value is -1.03. The summed E-state index contributed by atoms with van der Waals surface area (Å²) < 4.78 is 1.85. The molecule has 68 valence electrons. The first-order chi connectivity index (χ1) is 5.74. The molecule has 0 saturated heterocycles. The van der Waals surface area contributed by atoms with Crippen LogP contribution in [0.15, 0.2) is 6.07 Å². The smallest absolute Gasteiger partial charge is 0.124 e. The molecule has 2 N–H and O–H groups in total. The highest BCUT2D eigenvalue weighted by Crippen LogP contribution is 2.06. The minimum Gasteiger partial charge on any atom is -0.369 e. The van der Waals surface area contributed by atoms with Crippen molar-refractivity contribution in [2.24, 2.45) is 7.05 Å². The molecule has 0 aliphatic carbocycles. The molecule has 0 atom stereocenters. The third-order valence-electron chi connectivity index (χ3n) is 1.68. The lowest BCUT2D eigenvalue weighted by molar-refractivity contribution is 0.749. The van der Waals surface area contributed by atoms with Crippen molar-refractivity contribution < 1.29 is 0 Å². The van der Waals surface area contributed by atoms with Crippen molar-refractivity contribution in [2.75, 3.05) is 25.5 Å². The molecule has 1 aromatic rings. The fourth-order valence-corrected chi connectivity index (χ4v) is 1.09. The molecule has 1 rings (SSSR count). The molecular weight excluding hydrogens is 152 g/mol. The highest BCUT2D eigenvalue weighted by atomic mass is 15.3. The van der Waals surface area contributed by atoms with E-state index in [2.05, 4.69) is 15.7 Å². The number of anilines is 1. The van der Waals surface area contributed by atoms with Crippen LogP contribution in [0.2, 0.25) is 0 Å². The van der Waals surface area contributed by atoms with Crippen LogP contribution < -0.4 is 10.6 Å². The quantitative estimate of drug-likeness (QED) is 0.638. The Kier molecular flexibility index (Phi) is 3.10. The maximum absolute atomic E-state index is 4.22. The van der Waals surface area contributed by atoms with Crippen LogP contribution in [0.3, 0.4) is 0 Å². The van der Waals surface area contributed by atoms with Gasteiger partial charge in [-0.05, 0) is 14.0 Å². The molecule has 0 spiro atoms. The van der Waals surface area contributed by atoms with Crippen molar-refractivity contribution in [3.05, 3.63) is 11.8 Å². The highest BCUT2D eigenvalue weighted by molar-refractivity contribution is 5.36. The van der Waals surface area contributed by atoms with Crippen LogP contribution in [0.4, 0.5) is 5.82 Å². The van der Waals surface area contributed by atoms with Gasteiger partial charge in [-0.25, -0.2) is 0 Å². The summed E-state index contributed by atoms with van der Waals surface area (Å²) in [5.41, 5.74) is 1.05. The molecule has 1 aromatic heterocycles. The van der Waals surface area contributed by atoms with Gasteiger partial charge < -0.3 is 10.6 Å². The van der Waals surface area contributed by atoms with Crippen LogP contribution in [0.1, 0.15) is 5.69 Å². The fourth-order valence-electron chi connectivity index (χ4n) is 1.09. The van der Waals surface area contributed by atoms with E-state index in [0.717, 1.165) is 24.6 Å². The number of aromatic nitrogens is 2. The molecular formula is C8H16N4. The van der Waals surface area contributed by atoms with E-state index in [9.17, 15) is 0 Å². The number of rotatable bonds is 4. The molecule has 0 aliphatic heterocycles. The Morgan fingerprint density at radius 1 is 1.50 bits per heavy atom. The maximum Gasteiger partial charge on any atom is 0.124 e. The van der Waals surface area contributed by atoms with Crippen molar-refractivity contribution in [3.63, 3.8) is 0 Å². The van der Waals surface area contributed by atoms with E-state index in [-0.39, 0.29) is 0 Å². The van der Waals surface area contributed by atoms with Gasteiger partial charge in [-0.1, -0.05) is 0 Å². The van der Waals surface area contributed by atoms with Gasteiger partial charge in [0.2, 0.25) is 0 Å². The van der Waals surface area contributed by atoms with Crippen LogP contribution >= 0.6 is 0 Å². The van der Waals surface area contributed by atoms with E-state index in [1.807, 2.05) is 31.8 Å². The van der Waals surface area contributed by atoms with E-state index < -0.39 is 0 Å². The van der Waals surface area contributed by atoms with Crippen molar-refractivity contribution in [1.29, 1.82) is 0 Å². The highest BCUT2D eigenvalue weighted by Gasteiger charge is 1.98. The first kappa shape index (κ1) is 9.06. The second-order valence-corrected chi connectivity index (χ2v) is 2.82. The number of nitrogens with zero attached hydrogens (tertiary/aromatic N) is 2. The van der Waals surface area contributed by atoms with E-state index in [4.69, 9.17) is 0 Å². The molecule has 0 aliphatic rings. The topological polar surface area (TPSA) is 41.9 Å². The summed E-state index contributed by atoms with van der Waals surface area (Å²) in [5, 5.41) is 10.6. The van der Waals surface area contributed by atoms with Gasteiger partial charge in [-0.15, -0.1) is 0 Å². The Morgan fingerprint density at radius 3 is 2.75 bits per heavy atom. The Bertz CT molecular complexity index is 241. The van der Waals surface area contributed by atoms with E-state index in [1.54, 1.807) is 0 Å². The minimum atomic E-state index is 0.926. The van der Waals surface area contributed by atoms with E-state index >= 15 is 0 Å². The first-order valence-corrected chi connectivity index (χ1v) is 4.13. The number of hydrogen-bond donors (Lipinski definition) is 2. The van der Waals surface area contributed by atoms with Crippen LogP contribution in [0.5, 0.6) is 0 Å². The molecule has 4 heteroatoms. The summed E-state index contributed by atoms with van der Waals surface area (Å²) in [7, 11) is 3.88. The van der Waals surface area contributed by atoms with Crippen molar-refractivity contribution in [3.8, 4) is 0 Å². The standard InChI is InChI=1S/C8H16N4/c1-7-6-8(12(3)11-7)10-5-4-9-2/h6,9-10H,4-5H2,1-3H3. The van der Waals surface area contributed by atoms with Gasteiger partial charge in [0.25, 0.3) is 0 Å². The zero-order chi connectivity index (χ0) is 8.97. The first-order valence-electron chi connectivity index (χ1n) is 4.13. The van der Waals surface area contributed by atoms with Crippen LogP contribution in [0.25, 0.3) is 0 Å². The molecule has 0 radical (unpaired) electrons. The zero-order valence-corrected chi connectivity index (χ0v) is 7.89. The average molecular weight is 168 g/mol. The molecule has 0 amide bonds. The number of aryl methyl sites for hydroxylation is 2. The number of likely N-dealkylation sites (N-methyl/N-ethyl adjacent to an activating group) is 1. The third kappa shape index (κ3) is 2.23. The second-order valence-electron chi connectivity index (χ2n) is 2.82. The van der Waals surface area contributed by atoms with Gasteiger partial charge in [0.1, 0.15) is 5.82 Å². The Labute approximate surface area is 73.0 Å². The summed E-state index contributed by atoms with van der Waals surface area (Å²) in [4.78, 5) is 0. The molecule has 0 aromatic carbocycles. The van der Waals surface area contributed by atoms with Gasteiger partial charge in [0.05, 0.1) is 5.69 Å².